The minimum atomic E-state index is -3.88. The molecular formula is C11H15ClFNO3S2. The zero-order valence-corrected chi connectivity index (χ0v) is 12.9. The summed E-state index contributed by atoms with van der Waals surface area (Å²) in [4.78, 5) is -0.212. The fourth-order valence-electron chi connectivity index (χ4n) is 1.38. The number of hydrogen-bond donors (Lipinski definition) is 2. The summed E-state index contributed by atoms with van der Waals surface area (Å²) < 4.78 is 39.1. The van der Waals surface area contributed by atoms with Crippen LogP contribution in [0.3, 0.4) is 0 Å². The third kappa shape index (κ3) is 4.92. The van der Waals surface area contributed by atoms with Gasteiger partial charge in [-0.1, -0.05) is 11.6 Å². The highest BCUT2D eigenvalue weighted by Gasteiger charge is 2.25. The fourth-order valence-corrected chi connectivity index (χ4v) is 3.80. The van der Waals surface area contributed by atoms with Gasteiger partial charge in [-0.3, -0.25) is 0 Å². The van der Waals surface area contributed by atoms with Gasteiger partial charge in [0.25, 0.3) is 0 Å². The minimum Gasteiger partial charge on any atom is -0.388 e. The molecule has 8 heteroatoms. The molecule has 0 bridgehead atoms. The maximum absolute atomic E-state index is 12.9. The van der Waals surface area contributed by atoms with Crippen LogP contribution in [0.25, 0.3) is 0 Å². The third-order valence-electron chi connectivity index (χ3n) is 2.28. The van der Waals surface area contributed by atoms with Crippen molar-refractivity contribution in [3.05, 3.63) is 29.0 Å². The lowest BCUT2D eigenvalue weighted by Crippen LogP contribution is -2.42. The molecular weight excluding hydrogens is 313 g/mol. The van der Waals surface area contributed by atoms with Crippen molar-refractivity contribution in [1.29, 1.82) is 0 Å². The van der Waals surface area contributed by atoms with Gasteiger partial charge < -0.3 is 5.11 Å². The molecule has 1 rings (SSSR count). The summed E-state index contributed by atoms with van der Waals surface area (Å²) in [5.41, 5.74) is -1.17. The average molecular weight is 328 g/mol. The molecule has 0 radical (unpaired) electrons. The first kappa shape index (κ1) is 16.7. The summed E-state index contributed by atoms with van der Waals surface area (Å²) in [6.07, 6.45) is 1.81. The molecule has 19 heavy (non-hydrogen) atoms. The zero-order chi connectivity index (χ0) is 14.7. The van der Waals surface area contributed by atoms with E-state index in [1.54, 1.807) is 6.26 Å². The molecule has 2 N–H and O–H groups in total. The predicted molar refractivity (Wildman–Crippen MR) is 75.6 cm³/mol. The number of benzene rings is 1. The van der Waals surface area contributed by atoms with E-state index in [0.29, 0.717) is 5.75 Å². The molecule has 1 aromatic rings. The van der Waals surface area contributed by atoms with Crippen molar-refractivity contribution in [3.63, 3.8) is 0 Å². The molecule has 0 saturated carbocycles. The van der Waals surface area contributed by atoms with Crippen molar-refractivity contribution in [2.24, 2.45) is 0 Å². The Hall–Kier alpha value is -0.340. The Bertz CT molecular complexity index is 549. The first-order valence-electron chi connectivity index (χ1n) is 5.34. The topological polar surface area (TPSA) is 66.4 Å². The van der Waals surface area contributed by atoms with Crippen molar-refractivity contribution < 1.29 is 17.9 Å². The van der Waals surface area contributed by atoms with Gasteiger partial charge in [-0.05, 0) is 31.4 Å². The molecule has 0 fully saturated rings. The van der Waals surface area contributed by atoms with Gasteiger partial charge in [-0.2, -0.15) is 11.8 Å². The first-order chi connectivity index (χ1) is 8.68. The van der Waals surface area contributed by atoms with Crippen molar-refractivity contribution >= 4 is 33.4 Å². The molecule has 0 aromatic heterocycles. The van der Waals surface area contributed by atoms with Gasteiger partial charge >= 0.3 is 0 Å². The van der Waals surface area contributed by atoms with Gasteiger partial charge in [0.15, 0.2) is 0 Å². The molecule has 0 aliphatic heterocycles. The zero-order valence-electron chi connectivity index (χ0n) is 10.5. The summed E-state index contributed by atoms with van der Waals surface area (Å²) in [5.74, 6) is -0.231. The summed E-state index contributed by atoms with van der Waals surface area (Å²) in [6, 6.07) is 3.03. The monoisotopic (exact) mass is 327 g/mol. The van der Waals surface area contributed by atoms with E-state index in [4.69, 9.17) is 11.6 Å². The van der Waals surface area contributed by atoms with Crippen LogP contribution >= 0.6 is 23.4 Å². The number of sulfonamides is 1. The Morgan fingerprint density at radius 1 is 1.53 bits per heavy atom. The van der Waals surface area contributed by atoms with Gasteiger partial charge in [-0.15, -0.1) is 0 Å². The van der Waals surface area contributed by atoms with E-state index in [0.717, 1.165) is 18.2 Å². The summed E-state index contributed by atoms with van der Waals surface area (Å²) in [7, 11) is -3.88. The summed E-state index contributed by atoms with van der Waals surface area (Å²) >= 11 is 7.10. The normalized spacial score (nSPS) is 15.2. The van der Waals surface area contributed by atoms with Gasteiger partial charge in [0.1, 0.15) is 10.7 Å². The van der Waals surface area contributed by atoms with Gasteiger partial charge in [0.05, 0.1) is 10.6 Å². The Morgan fingerprint density at radius 3 is 2.68 bits per heavy atom. The Morgan fingerprint density at radius 2 is 2.16 bits per heavy atom. The second-order valence-corrected chi connectivity index (χ2v) is 7.34. The van der Waals surface area contributed by atoms with E-state index >= 15 is 0 Å². The van der Waals surface area contributed by atoms with Crippen LogP contribution in [0.5, 0.6) is 0 Å². The van der Waals surface area contributed by atoms with E-state index in [2.05, 4.69) is 4.72 Å². The summed E-state index contributed by atoms with van der Waals surface area (Å²) in [5, 5.41) is 9.70. The molecule has 1 atom stereocenters. The Kier molecular flexibility index (Phi) is 5.64. The largest absolute Gasteiger partial charge is 0.388 e. The standard InChI is InChI=1S/C11H15ClFNO3S2/c1-11(15,7-18-2)6-14-19(16,17)10-4-3-8(13)5-9(10)12/h3-5,14-15H,6-7H2,1-2H3. The van der Waals surface area contributed by atoms with Crippen molar-refractivity contribution in [2.45, 2.75) is 17.4 Å². The predicted octanol–water partition coefficient (Wildman–Crippen LogP) is 1.87. The summed E-state index contributed by atoms with van der Waals surface area (Å²) in [6.45, 7) is 1.38. The van der Waals surface area contributed by atoms with Crippen LogP contribution < -0.4 is 4.72 Å². The SMILES string of the molecule is CSCC(C)(O)CNS(=O)(=O)c1ccc(F)cc1Cl. The van der Waals surface area contributed by atoms with E-state index in [9.17, 15) is 17.9 Å². The molecule has 0 aliphatic carbocycles. The van der Waals surface area contributed by atoms with E-state index < -0.39 is 21.4 Å². The number of aliphatic hydroxyl groups is 1. The highest BCUT2D eigenvalue weighted by Crippen LogP contribution is 2.22. The lowest BCUT2D eigenvalue weighted by molar-refractivity contribution is 0.0908. The molecule has 0 saturated heterocycles. The number of nitrogens with one attached hydrogen (secondary N) is 1. The lowest BCUT2D eigenvalue weighted by atomic mass is 10.1. The molecule has 0 spiro atoms. The molecule has 108 valence electrons. The quantitative estimate of drug-likeness (QED) is 0.837. The van der Waals surface area contributed by atoms with Crippen LogP contribution in [0.15, 0.2) is 23.1 Å². The van der Waals surface area contributed by atoms with Gasteiger partial charge in [0, 0.05) is 12.3 Å². The van der Waals surface area contributed by atoms with Crippen molar-refractivity contribution in [3.8, 4) is 0 Å². The van der Waals surface area contributed by atoms with Gasteiger partial charge in [0.2, 0.25) is 10.0 Å². The number of halogens is 2. The van der Waals surface area contributed by atoms with Crippen molar-refractivity contribution in [2.75, 3.05) is 18.6 Å². The first-order valence-corrected chi connectivity index (χ1v) is 8.59. The van der Waals surface area contributed by atoms with Crippen LogP contribution in [0.1, 0.15) is 6.92 Å². The highest BCUT2D eigenvalue weighted by molar-refractivity contribution is 7.98. The minimum absolute atomic E-state index is 0.149. The van der Waals surface area contributed by atoms with Crippen LogP contribution in [-0.4, -0.2) is 37.7 Å². The van der Waals surface area contributed by atoms with E-state index in [1.807, 2.05) is 0 Å². The number of hydrogen-bond acceptors (Lipinski definition) is 4. The van der Waals surface area contributed by atoms with E-state index in [-0.39, 0.29) is 16.5 Å². The van der Waals surface area contributed by atoms with Gasteiger partial charge in [-0.25, -0.2) is 17.5 Å². The van der Waals surface area contributed by atoms with Crippen LogP contribution in [-0.2, 0) is 10.0 Å². The average Bonchev–Trinajstić information content (AvgIpc) is 2.26. The van der Waals surface area contributed by atoms with E-state index in [1.165, 1.54) is 18.7 Å². The molecule has 1 unspecified atom stereocenters. The Labute approximate surface area is 121 Å². The van der Waals surface area contributed by atoms with Crippen LogP contribution in [0, 0.1) is 5.82 Å². The highest BCUT2D eigenvalue weighted by atomic mass is 35.5. The molecule has 0 amide bonds. The molecule has 1 aromatic carbocycles. The van der Waals surface area contributed by atoms with Crippen LogP contribution in [0.4, 0.5) is 4.39 Å². The van der Waals surface area contributed by atoms with Crippen LogP contribution in [0.2, 0.25) is 5.02 Å². The number of rotatable bonds is 6. The fraction of sp³-hybridized carbons (Fsp3) is 0.455. The second-order valence-electron chi connectivity index (χ2n) is 4.33. The maximum atomic E-state index is 12.9. The molecule has 0 heterocycles. The maximum Gasteiger partial charge on any atom is 0.242 e. The van der Waals surface area contributed by atoms with Crippen molar-refractivity contribution in [1.82, 2.24) is 4.72 Å². The second kappa shape index (κ2) is 6.41. The Balaban J connectivity index is 2.87. The number of thioether (sulfide) groups is 1. The smallest absolute Gasteiger partial charge is 0.242 e. The lowest BCUT2D eigenvalue weighted by Gasteiger charge is -2.22. The molecule has 0 aliphatic rings. The third-order valence-corrected chi connectivity index (χ3v) is 5.08. The molecule has 4 nitrogen and oxygen atoms in total.